The van der Waals surface area contributed by atoms with Gasteiger partial charge in [0.25, 0.3) is 0 Å². The summed E-state index contributed by atoms with van der Waals surface area (Å²) in [6, 6.07) is 2.07. The Bertz CT molecular complexity index is 609. The van der Waals surface area contributed by atoms with Gasteiger partial charge in [0.05, 0.1) is 18.2 Å². The number of likely N-dealkylation sites (tertiary alicyclic amines) is 1. The summed E-state index contributed by atoms with van der Waals surface area (Å²) >= 11 is 0. The van der Waals surface area contributed by atoms with Crippen LogP contribution in [0.5, 0.6) is 5.88 Å². The van der Waals surface area contributed by atoms with Gasteiger partial charge >= 0.3 is 0 Å². The summed E-state index contributed by atoms with van der Waals surface area (Å²) in [6.45, 7) is 3.80. The van der Waals surface area contributed by atoms with E-state index in [1.165, 1.54) is 18.4 Å². The summed E-state index contributed by atoms with van der Waals surface area (Å²) in [5.74, 6) is 1.50. The van der Waals surface area contributed by atoms with Crippen LogP contribution in [0, 0.1) is 11.8 Å². The molecule has 0 atom stereocenters. The van der Waals surface area contributed by atoms with Crippen molar-refractivity contribution < 1.29 is 9.53 Å². The summed E-state index contributed by atoms with van der Waals surface area (Å²) in [6.07, 6.45) is 6.58. The first-order valence-electron chi connectivity index (χ1n) is 9.52. The number of hydrogen-bond acceptors (Lipinski definition) is 6. The fraction of sp³-hybridized carbons (Fsp3) is 0.722. The number of rotatable bonds is 4. The predicted molar refractivity (Wildman–Crippen MR) is 93.0 cm³/mol. The zero-order chi connectivity index (χ0) is 17.1. The molecule has 1 aromatic rings. The molecule has 7 heteroatoms. The average Bonchev–Trinajstić information content (AvgIpc) is 3.21. The zero-order valence-electron chi connectivity index (χ0n) is 14.7. The number of carbonyl (C=O) groups excluding carboxylic acids is 1. The zero-order valence-corrected chi connectivity index (χ0v) is 14.7. The molecule has 1 aliphatic carbocycles. The summed E-state index contributed by atoms with van der Waals surface area (Å²) in [5, 5.41) is 8.54. The molecule has 0 aromatic carbocycles. The number of nitrogens with one attached hydrogen (secondary N) is 2. The van der Waals surface area contributed by atoms with Crippen LogP contribution in [0.15, 0.2) is 6.07 Å². The molecule has 1 aromatic heterocycles. The Kier molecular flexibility index (Phi) is 5.12. The van der Waals surface area contributed by atoms with Crippen molar-refractivity contribution in [3.05, 3.63) is 17.3 Å². The Morgan fingerprint density at radius 2 is 1.92 bits per heavy atom. The highest BCUT2D eigenvalue weighted by atomic mass is 16.5. The molecular weight excluding hydrogens is 318 g/mol. The molecule has 0 unspecified atom stereocenters. The van der Waals surface area contributed by atoms with Gasteiger partial charge in [0.15, 0.2) is 0 Å². The smallest absolute Gasteiger partial charge is 0.233 e. The van der Waals surface area contributed by atoms with Gasteiger partial charge < -0.3 is 9.64 Å². The topological polar surface area (TPSA) is 79.4 Å². The van der Waals surface area contributed by atoms with E-state index in [1.54, 1.807) is 0 Å². The van der Waals surface area contributed by atoms with Gasteiger partial charge in [-0.25, -0.2) is 0 Å². The summed E-state index contributed by atoms with van der Waals surface area (Å²) < 4.78 is 5.91. The van der Waals surface area contributed by atoms with Crippen molar-refractivity contribution >= 4 is 5.91 Å². The molecule has 0 bridgehead atoms. The minimum atomic E-state index is 0.0820. The Hall–Kier alpha value is -1.73. The summed E-state index contributed by atoms with van der Waals surface area (Å²) in [4.78, 5) is 14.4. The predicted octanol–water partition coefficient (Wildman–Crippen LogP) is 0.697. The molecule has 7 nitrogen and oxygen atoms in total. The number of hydrazine groups is 1. The number of carbonyl (C=O) groups is 1. The van der Waals surface area contributed by atoms with Crippen molar-refractivity contribution in [1.82, 2.24) is 25.9 Å². The molecule has 2 N–H and O–H groups in total. The van der Waals surface area contributed by atoms with Crippen molar-refractivity contribution in [2.45, 2.75) is 38.5 Å². The Morgan fingerprint density at radius 1 is 1.16 bits per heavy atom. The van der Waals surface area contributed by atoms with Gasteiger partial charge in [0.1, 0.15) is 0 Å². The van der Waals surface area contributed by atoms with Crippen LogP contribution in [-0.4, -0.2) is 53.8 Å². The highest BCUT2D eigenvalue weighted by molar-refractivity contribution is 5.79. The lowest BCUT2D eigenvalue weighted by molar-refractivity contribution is -0.136. The molecule has 0 spiro atoms. The van der Waals surface area contributed by atoms with Gasteiger partial charge in [-0.05, 0) is 50.0 Å². The maximum atomic E-state index is 12.4. The third-order valence-electron chi connectivity index (χ3n) is 5.61. The summed E-state index contributed by atoms with van der Waals surface area (Å²) in [7, 11) is 0. The molecular formula is C18H27N5O2. The van der Waals surface area contributed by atoms with Crippen LogP contribution >= 0.6 is 0 Å². The molecule has 2 aliphatic heterocycles. The standard InChI is InChI=1S/C18H27N5O2/c24-18(15-10-19-20-11-15)23-7-5-13(6-8-23)12-25-17-9-14-3-1-2-4-16(14)21-22-17/h9,13,15,19-20H,1-8,10-12H2. The van der Waals surface area contributed by atoms with E-state index >= 15 is 0 Å². The number of nitrogens with zero attached hydrogens (tertiary/aromatic N) is 3. The van der Waals surface area contributed by atoms with Gasteiger partial charge in [-0.15, -0.1) is 5.10 Å². The number of aryl methyl sites for hydroxylation is 2. The number of fused-ring (bicyclic) bond motifs is 1. The number of ether oxygens (including phenoxy) is 1. The molecule has 0 saturated carbocycles. The maximum absolute atomic E-state index is 12.4. The molecule has 136 valence electrons. The van der Waals surface area contributed by atoms with Crippen LogP contribution in [0.3, 0.4) is 0 Å². The second-order valence-electron chi connectivity index (χ2n) is 7.40. The van der Waals surface area contributed by atoms with E-state index in [1.807, 2.05) is 4.90 Å². The molecule has 3 aliphatic rings. The van der Waals surface area contributed by atoms with E-state index < -0.39 is 0 Å². The Balaban J connectivity index is 1.24. The van der Waals surface area contributed by atoms with Gasteiger partial charge in [0, 0.05) is 32.2 Å². The van der Waals surface area contributed by atoms with Crippen molar-refractivity contribution in [3.63, 3.8) is 0 Å². The van der Waals surface area contributed by atoms with Crippen LogP contribution in [0.25, 0.3) is 0 Å². The molecule has 25 heavy (non-hydrogen) atoms. The fourth-order valence-corrected chi connectivity index (χ4v) is 3.96. The Morgan fingerprint density at radius 3 is 2.72 bits per heavy atom. The fourth-order valence-electron chi connectivity index (χ4n) is 3.96. The number of aromatic nitrogens is 2. The highest BCUT2D eigenvalue weighted by Crippen LogP contribution is 2.23. The largest absolute Gasteiger partial charge is 0.476 e. The number of hydrogen-bond donors (Lipinski definition) is 2. The molecule has 2 fully saturated rings. The lowest BCUT2D eigenvalue weighted by Crippen LogP contribution is -2.43. The number of piperidine rings is 1. The molecule has 4 rings (SSSR count). The maximum Gasteiger partial charge on any atom is 0.233 e. The second kappa shape index (κ2) is 7.66. The van der Waals surface area contributed by atoms with Crippen molar-refractivity contribution in [2.24, 2.45) is 11.8 Å². The lowest BCUT2D eigenvalue weighted by atomic mass is 9.96. The van der Waals surface area contributed by atoms with Crippen LogP contribution in [0.2, 0.25) is 0 Å². The quantitative estimate of drug-likeness (QED) is 0.836. The van der Waals surface area contributed by atoms with Gasteiger partial charge in [0.2, 0.25) is 11.8 Å². The van der Waals surface area contributed by atoms with Crippen molar-refractivity contribution in [2.75, 3.05) is 32.8 Å². The van der Waals surface area contributed by atoms with E-state index in [2.05, 4.69) is 27.1 Å². The third-order valence-corrected chi connectivity index (χ3v) is 5.61. The van der Waals surface area contributed by atoms with Crippen LogP contribution in [0.1, 0.15) is 36.9 Å². The SMILES string of the molecule is O=C(C1CNNC1)N1CCC(COc2cc3c(nn2)CCCC3)CC1. The van der Waals surface area contributed by atoms with E-state index in [4.69, 9.17) is 4.74 Å². The van der Waals surface area contributed by atoms with Gasteiger partial charge in [-0.2, -0.15) is 5.10 Å². The van der Waals surface area contributed by atoms with E-state index in [0.717, 1.165) is 57.6 Å². The van der Waals surface area contributed by atoms with E-state index in [9.17, 15) is 4.79 Å². The molecule has 0 radical (unpaired) electrons. The van der Waals surface area contributed by atoms with Gasteiger partial charge in [-0.3, -0.25) is 15.6 Å². The van der Waals surface area contributed by atoms with Crippen molar-refractivity contribution in [3.8, 4) is 5.88 Å². The van der Waals surface area contributed by atoms with Gasteiger partial charge in [-0.1, -0.05) is 0 Å². The molecule has 1 amide bonds. The first-order valence-corrected chi connectivity index (χ1v) is 9.52. The normalized spacial score (nSPS) is 22.0. The lowest BCUT2D eigenvalue weighted by Gasteiger charge is -2.33. The minimum Gasteiger partial charge on any atom is -0.476 e. The van der Waals surface area contributed by atoms with Crippen molar-refractivity contribution in [1.29, 1.82) is 0 Å². The second-order valence-corrected chi connectivity index (χ2v) is 7.40. The molecule has 3 heterocycles. The highest BCUT2D eigenvalue weighted by Gasteiger charge is 2.30. The third kappa shape index (κ3) is 3.93. The summed E-state index contributed by atoms with van der Waals surface area (Å²) in [5.41, 5.74) is 8.50. The van der Waals surface area contributed by atoms with Crippen LogP contribution in [-0.2, 0) is 17.6 Å². The minimum absolute atomic E-state index is 0.0820. The molecule has 2 saturated heterocycles. The monoisotopic (exact) mass is 345 g/mol. The Labute approximate surface area is 148 Å². The van der Waals surface area contributed by atoms with E-state index in [-0.39, 0.29) is 11.8 Å². The first kappa shape index (κ1) is 16.7. The first-order chi connectivity index (χ1) is 12.3. The van der Waals surface area contributed by atoms with E-state index in [0.29, 0.717) is 18.4 Å². The number of amides is 1. The average molecular weight is 345 g/mol. The van der Waals surface area contributed by atoms with Crippen LogP contribution in [0.4, 0.5) is 0 Å². The van der Waals surface area contributed by atoms with Crippen LogP contribution < -0.4 is 15.6 Å².